The summed E-state index contributed by atoms with van der Waals surface area (Å²) in [7, 11) is 0. The summed E-state index contributed by atoms with van der Waals surface area (Å²) in [6, 6.07) is -1.76. The molecule has 2 rings (SSSR count). The quantitative estimate of drug-likeness (QED) is 0.196. The van der Waals surface area contributed by atoms with Crippen molar-refractivity contribution in [3.8, 4) is 0 Å². The second kappa shape index (κ2) is 9.91. The molecule has 12 nitrogen and oxygen atoms in total. The van der Waals surface area contributed by atoms with Crippen molar-refractivity contribution in [1.29, 1.82) is 0 Å². The highest BCUT2D eigenvalue weighted by molar-refractivity contribution is 5.80. The molecule has 9 atom stereocenters. The number of hydrogen-bond donors (Lipinski definition) is 9. The highest BCUT2D eigenvalue weighted by Gasteiger charge is 2.45. The number of aliphatic hydroxyl groups excluding tert-OH is 6. The zero-order valence-electron chi connectivity index (χ0n) is 15.2. The fourth-order valence-corrected chi connectivity index (χ4v) is 3.23. The Morgan fingerprint density at radius 1 is 1.36 bits per heavy atom. The van der Waals surface area contributed by atoms with Crippen molar-refractivity contribution in [3.05, 3.63) is 11.8 Å². The molecule has 0 saturated heterocycles. The fourth-order valence-electron chi connectivity index (χ4n) is 3.23. The van der Waals surface area contributed by atoms with Gasteiger partial charge >= 0.3 is 0 Å². The molecule has 0 aromatic heterocycles. The fraction of sp³-hybridized carbons (Fsp3) is 0.812. The Morgan fingerprint density at radius 2 is 2.04 bits per heavy atom. The Balaban J connectivity index is 2.01. The summed E-state index contributed by atoms with van der Waals surface area (Å²) in [4.78, 5) is 11.9. The standard InChI is InChI=1S/C16H29N3O9/c17-2-1-8(21)16(26)19-7-3-6(18)15(14(25)12(7)23)28-11-4-9(22)13(24)10(5-20)27-11/h4,6-8,10-15,20-25H,1-3,5,17-18H2,(H,19,26)/t6?,7-,8+,10?,11-,12?,13+,14?,15-/m1/s1. The molecule has 28 heavy (non-hydrogen) atoms. The average Bonchev–Trinajstić information content (AvgIpc) is 2.65. The minimum atomic E-state index is -1.51. The number of nitrogens with two attached hydrogens (primary N) is 2. The molecule has 0 aromatic rings. The van der Waals surface area contributed by atoms with Crippen LogP contribution in [0.2, 0.25) is 0 Å². The van der Waals surface area contributed by atoms with Gasteiger partial charge < -0.3 is 56.9 Å². The van der Waals surface area contributed by atoms with E-state index in [1.54, 1.807) is 0 Å². The lowest BCUT2D eigenvalue weighted by atomic mass is 9.84. The van der Waals surface area contributed by atoms with Crippen molar-refractivity contribution in [2.75, 3.05) is 13.2 Å². The van der Waals surface area contributed by atoms with Gasteiger partial charge in [0.05, 0.1) is 12.6 Å². The molecular weight excluding hydrogens is 378 g/mol. The maximum absolute atomic E-state index is 11.9. The van der Waals surface area contributed by atoms with Gasteiger partial charge in [-0.2, -0.15) is 0 Å². The van der Waals surface area contributed by atoms with Crippen LogP contribution in [0.4, 0.5) is 0 Å². The molecule has 1 saturated carbocycles. The van der Waals surface area contributed by atoms with E-state index in [1.807, 2.05) is 0 Å². The number of aliphatic hydroxyl groups is 6. The van der Waals surface area contributed by atoms with Crippen LogP contribution < -0.4 is 16.8 Å². The van der Waals surface area contributed by atoms with Crippen LogP contribution in [0.15, 0.2) is 11.8 Å². The largest absolute Gasteiger partial charge is 0.510 e. The van der Waals surface area contributed by atoms with Gasteiger partial charge in [-0.15, -0.1) is 0 Å². The van der Waals surface area contributed by atoms with Crippen molar-refractivity contribution in [1.82, 2.24) is 5.32 Å². The maximum Gasteiger partial charge on any atom is 0.249 e. The molecule has 12 heteroatoms. The van der Waals surface area contributed by atoms with Crippen LogP contribution in [0, 0.1) is 0 Å². The van der Waals surface area contributed by atoms with Crippen LogP contribution in [0.1, 0.15) is 12.8 Å². The van der Waals surface area contributed by atoms with Gasteiger partial charge in [0, 0.05) is 12.1 Å². The van der Waals surface area contributed by atoms with E-state index in [-0.39, 0.29) is 19.4 Å². The molecular formula is C16H29N3O9. The molecule has 162 valence electrons. The minimum Gasteiger partial charge on any atom is -0.510 e. The summed E-state index contributed by atoms with van der Waals surface area (Å²) >= 11 is 0. The van der Waals surface area contributed by atoms with E-state index in [9.17, 15) is 35.4 Å². The highest BCUT2D eigenvalue weighted by Crippen LogP contribution is 2.26. The monoisotopic (exact) mass is 407 g/mol. The number of amides is 1. The molecule has 11 N–H and O–H groups in total. The molecule has 4 unspecified atom stereocenters. The number of ether oxygens (including phenoxy) is 2. The lowest BCUT2D eigenvalue weighted by Crippen LogP contribution is -2.65. The van der Waals surface area contributed by atoms with E-state index in [1.165, 1.54) is 0 Å². The van der Waals surface area contributed by atoms with Crippen molar-refractivity contribution >= 4 is 5.91 Å². The first-order valence-electron chi connectivity index (χ1n) is 9.00. The van der Waals surface area contributed by atoms with Gasteiger partial charge in [0.1, 0.15) is 42.4 Å². The second-order valence-electron chi connectivity index (χ2n) is 6.95. The van der Waals surface area contributed by atoms with E-state index in [0.29, 0.717) is 0 Å². The Labute approximate surface area is 161 Å². The smallest absolute Gasteiger partial charge is 0.249 e. The van der Waals surface area contributed by atoms with Gasteiger partial charge in [0.15, 0.2) is 6.29 Å². The molecule has 1 aliphatic heterocycles. The summed E-state index contributed by atoms with van der Waals surface area (Å²) in [6.07, 6.45) is -8.08. The summed E-state index contributed by atoms with van der Waals surface area (Å²) < 4.78 is 10.8. The molecule has 0 aromatic carbocycles. The summed E-state index contributed by atoms with van der Waals surface area (Å²) in [5, 5.41) is 61.3. The second-order valence-corrected chi connectivity index (χ2v) is 6.95. The number of carbonyl (C=O) groups is 1. The third kappa shape index (κ3) is 5.17. The van der Waals surface area contributed by atoms with Gasteiger partial charge in [0.2, 0.25) is 5.91 Å². The van der Waals surface area contributed by atoms with Crippen LogP contribution in [0.25, 0.3) is 0 Å². The van der Waals surface area contributed by atoms with Crippen molar-refractivity contribution in [2.45, 2.75) is 67.8 Å². The Hall–Kier alpha value is -1.35. The molecule has 0 radical (unpaired) electrons. The van der Waals surface area contributed by atoms with E-state index >= 15 is 0 Å². The molecule has 2 aliphatic rings. The van der Waals surface area contributed by atoms with Gasteiger partial charge in [-0.1, -0.05) is 0 Å². The van der Waals surface area contributed by atoms with Gasteiger partial charge in [0.25, 0.3) is 0 Å². The number of hydrogen-bond acceptors (Lipinski definition) is 11. The SMILES string of the molecule is NCC[C@H](O)C(=O)N[C@@H]1CC(N)[C@@H](O[C@@H]2C=C(O)[C@H](O)C(CO)O2)C(O)C1O. The topological polar surface area (TPSA) is 221 Å². The lowest BCUT2D eigenvalue weighted by molar-refractivity contribution is -0.237. The zero-order chi connectivity index (χ0) is 21.0. The van der Waals surface area contributed by atoms with E-state index < -0.39 is 73.3 Å². The van der Waals surface area contributed by atoms with Crippen LogP contribution in [0.5, 0.6) is 0 Å². The predicted octanol–water partition coefficient (Wildman–Crippen LogP) is -4.46. The molecule has 0 spiro atoms. The molecule has 1 aliphatic carbocycles. The lowest BCUT2D eigenvalue weighted by Gasteiger charge is -2.43. The first-order valence-corrected chi connectivity index (χ1v) is 9.00. The third-order valence-electron chi connectivity index (χ3n) is 4.86. The number of nitrogens with one attached hydrogen (secondary N) is 1. The third-order valence-corrected chi connectivity index (χ3v) is 4.86. The van der Waals surface area contributed by atoms with E-state index in [4.69, 9.17) is 20.9 Å². The first kappa shape index (κ1) is 22.9. The van der Waals surface area contributed by atoms with Crippen LogP contribution in [-0.4, -0.2) is 105 Å². The van der Waals surface area contributed by atoms with Gasteiger partial charge in [-0.05, 0) is 19.4 Å². The highest BCUT2D eigenvalue weighted by atomic mass is 16.7. The van der Waals surface area contributed by atoms with E-state index in [0.717, 1.165) is 6.08 Å². The molecule has 1 amide bonds. The van der Waals surface area contributed by atoms with Gasteiger partial charge in [-0.25, -0.2) is 0 Å². The molecule has 1 fully saturated rings. The Kier molecular flexibility index (Phi) is 8.12. The summed E-state index contributed by atoms with van der Waals surface area (Å²) in [6.45, 7) is -0.481. The zero-order valence-corrected chi connectivity index (χ0v) is 15.2. The molecule has 0 bridgehead atoms. The van der Waals surface area contributed by atoms with Gasteiger partial charge in [-0.3, -0.25) is 4.79 Å². The number of rotatable bonds is 7. The number of carbonyl (C=O) groups excluding carboxylic acids is 1. The van der Waals surface area contributed by atoms with Crippen LogP contribution in [-0.2, 0) is 14.3 Å². The van der Waals surface area contributed by atoms with Crippen molar-refractivity contribution in [3.63, 3.8) is 0 Å². The normalized spacial score (nSPS) is 39.9. The van der Waals surface area contributed by atoms with Crippen LogP contribution in [0.3, 0.4) is 0 Å². The van der Waals surface area contributed by atoms with Crippen LogP contribution >= 0.6 is 0 Å². The maximum atomic E-state index is 11.9. The van der Waals surface area contributed by atoms with Crippen molar-refractivity contribution < 1.29 is 44.9 Å². The van der Waals surface area contributed by atoms with E-state index in [2.05, 4.69) is 5.32 Å². The Bertz CT molecular complexity index is 563. The summed E-state index contributed by atoms with van der Waals surface area (Å²) in [5.74, 6) is -1.20. The van der Waals surface area contributed by atoms with Crippen molar-refractivity contribution in [2.24, 2.45) is 11.5 Å². The minimum absolute atomic E-state index is 0.0262. The predicted molar refractivity (Wildman–Crippen MR) is 93.6 cm³/mol. The summed E-state index contributed by atoms with van der Waals surface area (Å²) in [5.41, 5.74) is 11.3. The molecule has 1 heterocycles. The first-order chi connectivity index (χ1) is 13.2. The average molecular weight is 407 g/mol. The Morgan fingerprint density at radius 3 is 2.64 bits per heavy atom.